The Labute approximate surface area is 163 Å². The third-order valence-corrected chi connectivity index (χ3v) is 5.95. The van der Waals surface area contributed by atoms with Crippen molar-refractivity contribution in [3.8, 4) is 11.4 Å². The van der Waals surface area contributed by atoms with E-state index in [1.807, 2.05) is 18.2 Å². The minimum atomic E-state index is 0.132. The number of nitrogens with one attached hydrogen (secondary N) is 1. The maximum absolute atomic E-state index is 12.6. The van der Waals surface area contributed by atoms with Gasteiger partial charge in [-0.2, -0.15) is 0 Å². The van der Waals surface area contributed by atoms with Crippen molar-refractivity contribution in [2.24, 2.45) is 0 Å². The fourth-order valence-corrected chi connectivity index (χ4v) is 4.15. The molecule has 0 atom stereocenters. The first-order chi connectivity index (χ1) is 13.2. The van der Waals surface area contributed by atoms with Crippen LogP contribution in [0.15, 0.2) is 47.6 Å². The summed E-state index contributed by atoms with van der Waals surface area (Å²) < 4.78 is 0. The molecule has 0 aliphatic heterocycles. The van der Waals surface area contributed by atoms with E-state index in [0.29, 0.717) is 10.9 Å². The lowest BCUT2D eigenvalue weighted by Gasteiger charge is -2.16. The molecule has 1 aromatic heterocycles. The van der Waals surface area contributed by atoms with Gasteiger partial charge < -0.3 is 0 Å². The summed E-state index contributed by atoms with van der Waals surface area (Å²) in [6.07, 6.45) is 5.72. The summed E-state index contributed by atoms with van der Waals surface area (Å²) in [6, 6.07) is 14.5. The first-order valence-electron chi connectivity index (χ1n) is 9.52. The topological polar surface area (TPSA) is 58.6 Å². The number of aryl methyl sites for hydroxylation is 3. The van der Waals surface area contributed by atoms with Gasteiger partial charge in [0.15, 0.2) is 11.6 Å². The molecule has 0 saturated heterocycles. The number of thioether (sulfide) groups is 1. The average molecular weight is 378 g/mol. The van der Waals surface area contributed by atoms with Gasteiger partial charge in [0.2, 0.25) is 5.16 Å². The number of benzene rings is 2. The van der Waals surface area contributed by atoms with Crippen molar-refractivity contribution in [1.29, 1.82) is 0 Å². The fraction of sp³-hybridized carbons (Fsp3) is 0.318. The maximum atomic E-state index is 12.6. The molecule has 0 radical (unpaired) electrons. The molecule has 1 heterocycles. The number of carbonyl (C=O) groups is 1. The van der Waals surface area contributed by atoms with E-state index in [4.69, 9.17) is 0 Å². The predicted molar refractivity (Wildman–Crippen MR) is 109 cm³/mol. The van der Waals surface area contributed by atoms with Gasteiger partial charge in [0.05, 0.1) is 5.75 Å². The Morgan fingerprint density at radius 1 is 1.07 bits per heavy atom. The average Bonchev–Trinajstić information content (AvgIpc) is 3.21. The molecular formula is C22H23N3OS. The summed E-state index contributed by atoms with van der Waals surface area (Å²) in [5, 5.41) is 7.82. The Kier molecular flexibility index (Phi) is 5.39. The van der Waals surface area contributed by atoms with Crippen LogP contribution in [0.3, 0.4) is 0 Å². The lowest BCUT2D eigenvalue weighted by Crippen LogP contribution is -2.07. The van der Waals surface area contributed by atoms with E-state index in [2.05, 4.69) is 46.4 Å². The molecule has 1 N–H and O–H groups in total. The van der Waals surface area contributed by atoms with E-state index in [1.54, 1.807) is 0 Å². The quantitative estimate of drug-likeness (QED) is 0.491. The molecule has 138 valence electrons. The molecule has 4 nitrogen and oxygen atoms in total. The number of ketones is 1. The van der Waals surface area contributed by atoms with Crippen molar-refractivity contribution in [2.75, 3.05) is 5.75 Å². The largest absolute Gasteiger partial charge is 0.293 e. The van der Waals surface area contributed by atoms with Crippen LogP contribution in [0.25, 0.3) is 11.4 Å². The number of nitrogens with zero attached hydrogens (tertiary/aromatic N) is 2. The minimum Gasteiger partial charge on any atom is -0.293 e. The Bertz CT molecular complexity index is 946. The van der Waals surface area contributed by atoms with Crippen molar-refractivity contribution in [3.05, 3.63) is 64.7 Å². The highest BCUT2D eigenvalue weighted by molar-refractivity contribution is 7.99. The number of Topliss-reactive ketones (excluding diaryl/α,β-unsaturated/α-hetero) is 1. The van der Waals surface area contributed by atoms with Crippen LogP contribution in [0.2, 0.25) is 0 Å². The second-order valence-electron chi connectivity index (χ2n) is 6.92. The summed E-state index contributed by atoms with van der Waals surface area (Å²) in [7, 11) is 0. The zero-order valence-electron chi connectivity index (χ0n) is 15.5. The predicted octanol–water partition coefficient (Wildman–Crippen LogP) is 4.89. The molecule has 0 amide bonds. The molecule has 1 aliphatic rings. The van der Waals surface area contributed by atoms with Crippen molar-refractivity contribution >= 4 is 17.5 Å². The number of hydrogen-bond acceptors (Lipinski definition) is 4. The molecule has 2 aromatic carbocycles. The van der Waals surface area contributed by atoms with Crippen molar-refractivity contribution in [3.63, 3.8) is 0 Å². The number of H-pyrrole nitrogens is 1. The van der Waals surface area contributed by atoms with E-state index in [0.717, 1.165) is 36.2 Å². The van der Waals surface area contributed by atoms with Gasteiger partial charge in [0.25, 0.3) is 0 Å². The second kappa shape index (κ2) is 8.09. The van der Waals surface area contributed by atoms with Gasteiger partial charge in [0.1, 0.15) is 0 Å². The molecular weight excluding hydrogens is 354 g/mol. The Morgan fingerprint density at radius 2 is 1.85 bits per heavy atom. The van der Waals surface area contributed by atoms with Crippen molar-refractivity contribution in [1.82, 2.24) is 15.2 Å². The van der Waals surface area contributed by atoms with E-state index in [9.17, 15) is 4.79 Å². The van der Waals surface area contributed by atoms with Gasteiger partial charge in [-0.05, 0) is 54.9 Å². The first-order valence-corrected chi connectivity index (χ1v) is 10.5. The molecule has 0 fully saturated rings. The smallest absolute Gasteiger partial charge is 0.209 e. The van der Waals surface area contributed by atoms with Crippen LogP contribution in [-0.4, -0.2) is 26.7 Å². The number of hydrogen-bond donors (Lipinski definition) is 1. The van der Waals surface area contributed by atoms with Crippen LogP contribution in [-0.2, 0) is 19.3 Å². The molecule has 0 unspecified atom stereocenters. The van der Waals surface area contributed by atoms with Gasteiger partial charge >= 0.3 is 0 Å². The van der Waals surface area contributed by atoms with Crippen LogP contribution < -0.4 is 0 Å². The first kappa shape index (κ1) is 18.0. The molecule has 4 rings (SSSR count). The van der Waals surface area contributed by atoms with Crippen LogP contribution in [0.4, 0.5) is 0 Å². The highest BCUT2D eigenvalue weighted by Gasteiger charge is 2.14. The monoisotopic (exact) mass is 377 g/mol. The summed E-state index contributed by atoms with van der Waals surface area (Å²) in [5.74, 6) is 1.22. The Balaban J connectivity index is 1.40. The highest BCUT2D eigenvalue weighted by atomic mass is 32.2. The van der Waals surface area contributed by atoms with E-state index < -0.39 is 0 Å². The number of aromatic amines is 1. The molecule has 3 aromatic rings. The standard InChI is InChI=1S/C22H23N3OS/c1-2-15-7-9-17(10-8-15)21-23-22(25-24-21)27-14-20(26)19-12-11-16-5-3-4-6-18(16)13-19/h7-13H,2-6,14H2,1H3,(H,23,24,25). The Morgan fingerprint density at radius 3 is 2.63 bits per heavy atom. The number of carbonyl (C=O) groups excluding carboxylic acids is 1. The van der Waals surface area contributed by atoms with Gasteiger partial charge in [-0.3, -0.25) is 9.89 Å². The maximum Gasteiger partial charge on any atom is 0.209 e. The van der Waals surface area contributed by atoms with E-state index >= 15 is 0 Å². The summed E-state index contributed by atoms with van der Waals surface area (Å²) in [4.78, 5) is 17.1. The molecule has 0 spiro atoms. The normalized spacial score (nSPS) is 13.4. The summed E-state index contributed by atoms with van der Waals surface area (Å²) >= 11 is 1.38. The fourth-order valence-electron chi connectivity index (χ4n) is 3.46. The lowest BCUT2D eigenvalue weighted by molar-refractivity contribution is 0.102. The van der Waals surface area contributed by atoms with E-state index in [1.165, 1.54) is 41.3 Å². The van der Waals surface area contributed by atoms with Gasteiger partial charge in [0, 0.05) is 11.1 Å². The summed E-state index contributed by atoms with van der Waals surface area (Å²) in [6.45, 7) is 2.14. The molecule has 0 saturated carbocycles. The molecule has 27 heavy (non-hydrogen) atoms. The van der Waals surface area contributed by atoms with Gasteiger partial charge in [-0.1, -0.05) is 55.1 Å². The van der Waals surface area contributed by atoms with Gasteiger partial charge in [-0.25, -0.2) is 4.98 Å². The zero-order valence-corrected chi connectivity index (χ0v) is 16.3. The molecule has 0 bridgehead atoms. The summed E-state index contributed by atoms with van der Waals surface area (Å²) in [5.41, 5.74) is 5.84. The van der Waals surface area contributed by atoms with E-state index in [-0.39, 0.29) is 5.78 Å². The number of rotatable bonds is 6. The molecule has 1 aliphatic carbocycles. The third kappa shape index (κ3) is 4.14. The van der Waals surface area contributed by atoms with Gasteiger partial charge in [-0.15, -0.1) is 5.10 Å². The number of fused-ring (bicyclic) bond motifs is 1. The third-order valence-electron chi connectivity index (χ3n) is 5.10. The molecule has 5 heteroatoms. The van der Waals surface area contributed by atoms with Crippen LogP contribution >= 0.6 is 11.8 Å². The highest BCUT2D eigenvalue weighted by Crippen LogP contribution is 2.24. The van der Waals surface area contributed by atoms with Crippen LogP contribution in [0.5, 0.6) is 0 Å². The Hall–Kier alpha value is -2.40. The SMILES string of the molecule is CCc1ccc(-c2nc(SCC(=O)c3ccc4c(c3)CCCC4)n[nH]2)cc1. The second-order valence-corrected chi connectivity index (χ2v) is 7.86. The van der Waals surface area contributed by atoms with Crippen molar-refractivity contribution < 1.29 is 4.79 Å². The number of aromatic nitrogens is 3. The minimum absolute atomic E-state index is 0.132. The van der Waals surface area contributed by atoms with Crippen LogP contribution in [0.1, 0.15) is 46.8 Å². The van der Waals surface area contributed by atoms with Crippen LogP contribution in [0, 0.1) is 0 Å². The van der Waals surface area contributed by atoms with Crippen molar-refractivity contribution in [2.45, 2.75) is 44.2 Å². The zero-order chi connectivity index (χ0) is 18.6. The lowest BCUT2D eigenvalue weighted by atomic mass is 9.90.